The molecule has 1 N–H and O–H groups in total. The maximum Gasteiger partial charge on any atom is 0.416 e. The van der Waals surface area contributed by atoms with E-state index in [0.717, 1.165) is 49.0 Å². The van der Waals surface area contributed by atoms with Gasteiger partial charge in [0, 0.05) is 13.2 Å². The molecule has 0 spiro atoms. The number of nitrogens with zero attached hydrogens (tertiary/aromatic N) is 2. The normalized spacial score (nSPS) is 12.1. The minimum atomic E-state index is -0.614. The molecular weight excluding hydrogens is 346 g/mol. The fourth-order valence-corrected chi connectivity index (χ4v) is 2.77. The monoisotopic (exact) mass is 377 g/mol. The summed E-state index contributed by atoms with van der Waals surface area (Å²) in [5, 5.41) is 2.75. The summed E-state index contributed by atoms with van der Waals surface area (Å²) in [5.74, 6) is 1.24. The van der Waals surface area contributed by atoms with Crippen molar-refractivity contribution in [3.8, 4) is 5.75 Å². The van der Waals surface area contributed by atoms with Crippen LogP contribution in [0.5, 0.6) is 5.75 Å². The van der Waals surface area contributed by atoms with E-state index in [-0.39, 0.29) is 0 Å². The Bertz CT molecular complexity index is 729. The highest BCUT2D eigenvalue weighted by atomic mass is 16.7. The largest absolute Gasteiger partial charge is 0.491 e. The van der Waals surface area contributed by atoms with Gasteiger partial charge >= 0.3 is 6.09 Å². The van der Waals surface area contributed by atoms with E-state index in [1.165, 1.54) is 0 Å². The zero-order valence-corrected chi connectivity index (χ0v) is 16.8. The molecule has 27 heavy (non-hydrogen) atoms. The SMILES string of the molecule is CCCCOc1cccc2nc(NC(=O)OC(C)OCC)n(CCCC)c12. The number of aryl methyl sites for hydroxylation is 1. The molecule has 0 aliphatic rings. The van der Waals surface area contributed by atoms with Gasteiger partial charge in [-0.2, -0.15) is 0 Å². The van der Waals surface area contributed by atoms with Crippen LogP contribution in [0.1, 0.15) is 53.4 Å². The van der Waals surface area contributed by atoms with Gasteiger partial charge in [0.05, 0.1) is 12.1 Å². The Morgan fingerprint density at radius 3 is 2.70 bits per heavy atom. The number of unbranched alkanes of at least 4 members (excludes halogenated alkanes) is 2. The van der Waals surface area contributed by atoms with Gasteiger partial charge in [0.1, 0.15) is 11.3 Å². The summed E-state index contributed by atoms with van der Waals surface area (Å²) in [5.41, 5.74) is 1.68. The molecule has 2 rings (SSSR count). The Balaban J connectivity index is 2.28. The first-order valence-electron chi connectivity index (χ1n) is 9.81. The minimum Gasteiger partial charge on any atom is -0.491 e. The van der Waals surface area contributed by atoms with Gasteiger partial charge in [-0.3, -0.25) is 5.32 Å². The summed E-state index contributed by atoms with van der Waals surface area (Å²) in [6.07, 6.45) is 2.86. The number of hydrogen-bond donors (Lipinski definition) is 1. The molecule has 7 nitrogen and oxygen atoms in total. The third-order valence-electron chi connectivity index (χ3n) is 4.11. The molecule has 0 aliphatic heterocycles. The highest BCUT2D eigenvalue weighted by molar-refractivity contribution is 5.89. The lowest BCUT2D eigenvalue weighted by atomic mass is 10.2. The second-order valence-corrected chi connectivity index (χ2v) is 6.32. The number of anilines is 1. The van der Waals surface area contributed by atoms with Gasteiger partial charge < -0.3 is 18.8 Å². The van der Waals surface area contributed by atoms with Crippen LogP contribution in [0.3, 0.4) is 0 Å². The summed E-state index contributed by atoms with van der Waals surface area (Å²) in [4.78, 5) is 16.8. The number of ether oxygens (including phenoxy) is 3. The lowest BCUT2D eigenvalue weighted by Crippen LogP contribution is -2.24. The Labute approximate surface area is 161 Å². The van der Waals surface area contributed by atoms with Crippen molar-refractivity contribution in [3.05, 3.63) is 18.2 Å². The van der Waals surface area contributed by atoms with Crippen LogP contribution in [0, 0.1) is 0 Å². The fourth-order valence-electron chi connectivity index (χ4n) is 2.77. The number of aromatic nitrogens is 2. The standard InChI is InChI=1S/C20H31N3O4/c1-5-8-13-23-18-16(11-10-12-17(18)26-14-9-6-2)21-19(23)22-20(24)27-15(4)25-7-3/h10-12,15H,5-9,13-14H2,1-4H3,(H,21,22,24). The molecule has 2 aromatic rings. The molecule has 0 saturated heterocycles. The predicted molar refractivity (Wildman–Crippen MR) is 106 cm³/mol. The summed E-state index contributed by atoms with van der Waals surface area (Å²) in [6, 6.07) is 5.78. The molecule has 1 heterocycles. The summed E-state index contributed by atoms with van der Waals surface area (Å²) in [7, 11) is 0. The summed E-state index contributed by atoms with van der Waals surface area (Å²) < 4.78 is 18.4. The second kappa shape index (κ2) is 10.8. The van der Waals surface area contributed by atoms with Gasteiger partial charge in [0.15, 0.2) is 0 Å². The summed E-state index contributed by atoms with van der Waals surface area (Å²) >= 11 is 0. The van der Waals surface area contributed by atoms with E-state index >= 15 is 0 Å². The number of para-hydroxylation sites is 1. The molecule has 1 atom stereocenters. The number of benzene rings is 1. The van der Waals surface area contributed by atoms with E-state index in [0.29, 0.717) is 19.2 Å². The van der Waals surface area contributed by atoms with Gasteiger partial charge in [0.2, 0.25) is 12.2 Å². The number of carbonyl (C=O) groups excluding carboxylic acids is 1. The van der Waals surface area contributed by atoms with Crippen LogP contribution in [0.15, 0.2) is 18.2 Å². The Hall–Kier alpha value is -2.28. The molecule has 1 amide bonds. The van der Waals surface area contributed by atoms with E-state index in [9.17, 15) is 4.79 Å². The smallest absolute Gasteiger partial charge is 0.416 e. The van der Waals surface area contributed by atoms with E-state index in [2.05, 4.69) is 24.1 Å². The van der Waals surface area contributed by atoms with Crippen molar-refractivity contribution in [2.75, 3.05) is 18.5 Å². The first-order chi connectivity index (χ1) is 13.1. The molecule has 150 valence electrons. The number of imidazole rings is 1. The lowest BCUT2D eigenvalue weighted by molar-refractivity contribution is -0.0828. The Kier molecular flexibility index (Phi) is 8.39. The molecule has 0 saturated carbocycles. The van der Waals surface area contributed by atoms with E-state index in [1.807, 2.05) is 29.7 Å². The third kappa shape index (κ3) is 5.85. The Morgan fingerprint density at radius 2 is 2.00 bits per heavy atom. The van der Waals surface area contributed by atoms with Crippen molar-refractivity contribution >= 4 is 23.1 Å². The quantitative estimate of drug-likeness (QED) is 0.443. The topological polar surface area (TPSA) is 74.6 Å². The minimum absolute atomic E-state index is 0.457. The van der Waals surface area contributed by atoms with Crippen LogP contribution in [0.2, 0.25) is 0 Å². The number of nitrogens with one attached hydrogen (secondary N) is 1. The van der Waals surface area contributed by atoms with Crippen LogP contribution in [0.25, 0.3) is 11.0 Å². The second-order valence-electron chi connectivity index (χ2n) is 6.32. The van der Waals surface area contributed by atoms with Gasteiger partial charge in [-0.25, -0.2) is 9.78 Å². The van der Waals surface area contributed by atoms with Crippen molar-refractivity contribution in [1.29, 1.82) is 0 Å². The van der Waals surface area contributed by atoms with Crippen molar-refractivity contribution in [2.24, 2.45) is 0 Å². The number of rotatable bonds is 11. The van der Waals surface area contributed by atoms with Crippen LogP contribution >= 0.6 is 0 Å². The third-order valence-corrected chi connectivity index (χ3v) is 4.11. The number of hydrogen-bond acceptors (Lipinski definition) is 5. The van der Waals surface area contributed by atoms with E-state index in [1.54, 1.807) is 6.92 Å². The molecule has 0 radical (unpaired) electrons. The molecule has 1 unspecified atom stereocenters. The predicted octanol–water partition coefficient (Wildman–Crippen LogP) is 4.95. The van der Waals surface area contributed by atoms with Gasteiger partial charge in [-0.1, -0.05) is 32.8 Å². The van der Waals surface area contributed by atoms with Gasteiger partial charge in [0.25, 0.3) is 0 Å². The van der Waals surface area contributed by atoms with Crippen LogP contribution < -0.4 is 10.1 Å². The number of amides is 1. The molecule has 1 aromatic heterocycles. The highest BCUT2D eigenvalue weighted by Gasteiger charge is 2.18. The van der Waals surface area contributed by atoms with Crippen LogP contribution in [0.4, 0.5) is 10.7 Å². The van der Waals surface area contributed by atoms with Crippen LogP contribution in [-0.4, -0.2) is 35.1 Å². The fraction of sp³-hybridized carbons (Fsp3) is 0.600. The molecular formula is C20H31N3O4. The average Bonchev–Trinajstić information content (AvgIpc) is 2.98. The highest BCUT2D eigenvalue weighted by Crippen LogP contribution is 2.29. The molecule has 7 heteroatoms. The van der Waals surface area contributed by atoms with Crippen LogP contribution in [-0.2, 0) is 16.0 Å². The van der Waals surface area contributed by atoms with E-state index in [4.69, 9.17) is 14.2 Å². The average molecular weight is 377 g/mol. The molecule has 1 aromatic carbocycles. The van der Waals surface area contributed by atoms with Gasteiger partial charge in [-0.05, 0) is 38.8 Å². The van der Waals surface area contributed by atoms with Crippen molar-refractivity contribution in [3.63, 3.8) is 0 Å². The van der Waals surface area contributed by atoms with Crippen molar-refractivity contribution in [2.45, 2.75) is 66.2 Å². The van der Waals surface area contributed by atoms with Crippen molar-refractivity contribution in [1.82, 2.24) is 9.55 Å². The number of fused-ring (bicyclic) bond motifs is 1. The molecule has 0 aliphatic carbocycles. The summed E-state index contributed by atoms with van der Waals surface area (Å²) in [6.45, 7) is 9.66. The molecule has 0 bridgehead atoms. The maximum absolute atomic E-state index is 12.2. The molecule has 0 fully saturated rings. The van der Waals surface area contributed by atoms with E-state index < -0.39 is 12.4 Å². The number of carbonyl (C=O) groups is 1. The first-order valence-corrected chi connectivity index (χ1v) is 9.81. The zero-order valence-electron chi connectivity index (χ0n) is 16.8. The lowest BCUT2D eigenvalue weighted by Gasteiger charge is -2.15. The zero-order chi connectivity index (χ0) is 19.6. The van der Waals surface area contributed by atoms with Gasteiger partial charge in [-0.15, -0.1) is 0 Å². The first kappa shape index (κ1) is 21.0. The maximum atomic E-state index is 12.2. The Morgan fingerprint density at radius 1 is 1.22 bits per heavy atom. The van der Waals surface area contributed by atoms with Crippen molar-refractivity contribution < 1.29 is 19.0 Å².